The summed E-state index contributed by atoms with van der Waals surface area (Å²) in [6.45, 7) is 2.11. The van der Waals surface area contributed by atoms with Crippen molar-refractivity contribution in [3.05, 3.63) is 54.1 Å². The lowest BCUT2D eigenvalue weighted by molar-refractivity contribution is -0.123. The third-order valence-corrected chi connectivity index (χ3v) is 3.98. The van der Waals surface area contributed by atoms with E-state index in [1.54, 1.807) is 6.20 Å². The summed E-state index contributed by atoms with van der Waals surface area (Å²) in [4.78, 5) is 16.7. The van der Waals surface area contributed by atoms with Crippen LogP contribution in [0.15, 0.2) is 42.7 Å². The molecule has 1 aliphatic rings. The van der Waals surface area contributed by atoms with E-state index in [2.05, 4.69) is 17.2 Å². The van der Waals surface area contributed by atoms with Crippen LogP contribution in [0.1, 0.15) is 30.8 Å². The SMILES string of the molecule is C[C@@H]1C[C@H]1C(=O)N[C@@H](c1ccccc1)c1nccn1C. The highest BCUT2D eigenvalue weighted by Gasteiger charge is 2.40. The van der Waals surface area contributed by atoms with E-state index in [0.717, 1.165) is 17.8 Å². The molecular formula is C16H19N3O. The number of nitrogens with zero attached hydrogens (tertiary/aromatic N) is 2. The molecule has 0 saturated heterocycles. The Balaban J connectivity index is 1.88. The Labute approximate surface area is 118 Å². The van der Waals surface area contributed by atoms with Crippen molar-refractivity contribution >= 4 is 5.91 Å². The molecular weight excluding hydrogens is 250 g/mol. The maximum atomic E-state index is 12.3. The largest absolute Gasteiger partial charge is 0.342 e. The molecule has 4 nitrogen and oxygen atoms in total. The number of aryl methyl sites for hydroxylation is 1. The molecule has 1 saturated carbocycles. The first-order chi connectivity index (χ1) is 9.66. The molecule has 0 unspecified atom stereocenters. The fraction of sp³-hybridized carbons (Fsp3) is 0.375. The van der Waals surface area contributed by atoms with Gasteiger partial charge in [0.1, 0.15) is 11.9 Å². The summed E-state index contributed by atoms with van der Waals surface area (Å²) in [5.74, 6) is 1.67. The molecule has 1 N–H and O–H groups in total. The van der Waals surface area contributed by atoms with Crippen LogP contribution in [-0.2, 0) is 11.8 Å². The van der Waals surface area contributed by atoms with Crippen LogP contribution >= 0.6 is 0 Å². The lowest BCUT2D eigenvalue weighted by Crippen LogP contribution is -2.32. The zero-order chi connectivity index (χ0) is 14.1. The predicted octanol–water partition coefficient (Wildman–Crippen LogP) is 2.28. The average molecular weight is 269 g/mol. The summed E-state index contributed by atoms with van der Waals surface area (Å²) in [6.07, 6.45) is 4.66. The maximum absolute atomic E-state index is 12.3. The number of rotatable bonds is 4. The molecule has 2 aromatic rings. The fourth-order valence-corrected chi connectivity index (χ4v) is 2.53. The van der Waals surface area contributed by atoms with Gasteiger partial charge in [0.2, 0.25) is 5.91 Å². The minimum atomic E-state index is -0.184. The van der Waals surface area contributed by atoms with Gasteiger partial charge >= 0.3 is 0 Å². The van der Waals surface area contributed by atoms with E-state index >= 15 is 0 Å². The van der Waals surface area contributed by atoms with Gasteiger partial charge in [-0.15, -0.1) is 0 Å². The zero-order valence-corrected chi connectivity index (χ0v) is 11.8. The Morgan fingerprint density at radius 3 is 2.65 bits per heavy atom. The van der Waals surface area contributed by atoms with Gasteiger partial charge in [0.15, 0.2) is 0 Å². The Morgan fingerprint density at radius 2 is 2.10 bits per heavy atom. The van der Waals surface area contributed by atoms with Gasteiger partial charge in [-0.3, -0.25) is 4.79 Å². The van der Waals surface area contributed by atoms with Crippen molar-refractivity contribution in [2.75, 3.05) is 0 Å². The highest BCUT2D eigenvalue weighted by atomic mass is 16.2. The third kappa shape index (κ3) is 2.46. The molecule has 20 heavy (non-hydrogen) atoms. The van der Waals surface area contributed by atoms with E-state index in [-0.39, 0.29) is 17.9 Å². The van der Waals surface area contributed by atoms with Crippen molar-refractivity contribution in [1.29, 1.82) is 0 Å². The summed E-state index contributed by atoms with van der Waals surface area (Å²) < 4.78 is 1.95. The first-order valence-electron chi connectivity index (χ1n) is 6.99. The van der Waals surface area contributed by atoms with Crippen molar-refractivity contribution < 1.29 is 4.79 Å². The van der Waals surface area contributed by atoms with Crippen LogP contribution in [0.5, 0.6) is 0 Å². The summed E-state index contributed by atoms with van der Waals surface area (Å²) in [5, 5.41) is 3.15. The number of imidazole rings is 1. The number of benzene rings is 1. The molecule has 0 radical (unpaired) electrons. The van der Waals surface area contributed by atoms with Crippen molar-refractivity contribution in [2.45, 2.75) is 19.4 Å². The molecule has 3 atom stereocenters. The molecule has 1 aliphatic carbocycles. The summed E-state index contributed by atoms with van der Waals surface area (Å²) >= 11 is 0. The molecule has 1 heterocycles. The molecule has 3 rings (SSSR count). The van der Waals surface area contributed by atoms with E-state index in [0.29, 0.717) is 5.92 Å². The molecule has 0 aliphatic heterocycles. The van der Waals surface area contributed by atoms with Crippen molar-refractivity contribution in [3.63, 3.8) is 0 Å². The van der Waals surface area contributed by atoms with E-state index in [4.69, 9.17) is 0 Å². The Morgan fingerprint density at radius 1 is 1.40 bits per heavy atom. The minimum absolute atomic E-state index is 0.134. The van der Waals surface area contributed by atoms with Gasteiger partial charge in [0, 0.05) is 25.4 Å². The Bertz CT molecular complexity index is 605. The molecule has 1 fully saturated rings. The monoisotopic (exact) mass is 269 g/mol. The standard InChI is InChI=1S/C16H19N3O/c1-11-10-13(11)16(20)18-14(12-6-4-3-5-7-12)15-17-8-9-19(15)2/h3-9,11,13-14H,10H2,1-2H3,(H,18,20)/t11-,13-,14+/m1/s1. The van der Waals surface area contributed by atoms with Gasteiger partial charge in [-0.2, -0.15) is 0 Å². The lowest BCUT2D eigenvalue weighted by Gasteiger charge is -2.19. The summed E-state index contributed by atoms with van der Waals surface area (Å²) in [5.41, 5.74) is 1.06. The van der Waals surface area contributed by atoms with E-state index in [9.17, 15) is 4.79 Å². The van der Waals surface area contributed by atoms with Gasteiger partial charge in [0.25, 0.3) is 0 Å². The van der Waals surface area contributed by atoms with Crippen molar-refractivity contribution in [1.82, 2.24) is 14.9 Å². The lowest BCUT2D eigenvalue weighted by atomic mass is 10.1. The average Bonchev–Trinajstić information content (AvgIpc) is 3.04. The topological polar surface area (TPSA) is 46.9 Å². The first kappa shape index (κ1) is 12.9. The van der Waals surface area contributed by atoms with E-state index in [1.807, 2.05) is 48.1 Å². The van der Waals surface area contributed by atoms with Crippen LogP contribution < -0.4 is 5.32 Å². The minimum Gasteiger partial charge on any atom is -0.342 e. The second-order valence-electron chi connectivity index (χ2n) is 5.57. The van der Waals surface area contributed by atoms with E-state index in [1.165, 1.54) is 0 Å². The van der Waals surface area contributed by atoms with Gasteiger partial charge in [0.05, 0.1) is 0 Å². The third-order valence-electron chi connectivity index (χ3n) is 3.98. The molecule has 104 valence electrons. The van der Waals surface area contributed by atoms with Gasteiger partial charge in [-0.25, -0.2) is 4.98 Å². The number of hydrogen-bond acceptors (Lipinski definition) is 2. The van der Waals surface area contributed by atoms with Crippen LogP contribution in [0.2, 0.25) is 0 Å². The Hall–Kier alpha value is -2.10. The normalized spacial score (nSPS) is 22.3. The highest BCUT2D eigenvalue weighted by molar-refractivity contribution is 5.82. The van der Waals surface area contributed by atoms with Crippen molar-refractivity contribution in [2.24, 2.45) is 18.9 Å². The van der Waals surface area contributed by atoms with Crippen molar-refractivity contribution in [3.8, 4) is 0 Å². The zero-order valence-electron chi connectivity index (χ0n) is 11.8. The van der Waals surface area contributed by atoms with E-state index < -0.39 is 0 Å². The number of amides is 1. The van der Waals surface area contributed by atoms with Gasteiger partial charge < -0.3 is 9.88 Å². The summed E-state index contributed by atoms with van der Waals surface area (Å²) in [6, 6.07) is 9.81. The number of carbonyl (C=O) groups excluding carboxylic acids is 1. The second-order valence-corrected chi connectivity index (χ2v) is 5.57. The number of aromatic nitrogens is 2. The first-order valence-corrected chi connectivity index (χ1v) is 6.99. The van der Waals surface area contributed by atoms with Crippen LogP contribution in [-0.4, -0.2) is 15.5 Å². The summed E-state index contributed by atoms with van der Waals surface area (Å²) in [7, 11) is 1.95. The molecule has 0 bridgehead atoms. The highest BCUT2D eigenvalue weighted by Crippen LogP contribution is 2.38. The second kappa shape index (κ2) is 5.12. The van der Waals surface area contributed by atoms with Crippen LogP contribution in [0.25, 0.3) is 0 Å². The Kier molecular flexibility index (Phi) is 3.30. The number of carbonyl (C=O) groups is 1. The molecule has 4 heteroatoms. The smallest absolute Gasteiger partial charge is 0.224 e. The van der Waals surface area contributed by atoms with Gasteiger partial charge in [-0.1, -0.05) is 37.3 Å². The molecule has 1 aromatic carbocycles. The van der Waals surface area contributed by atoms with Gasteiger partial charge in [-0.05, 0) is 17.9 Å². The number of hydrogen-bond donors (Lipinski definition) is 1. The molecule has 1 amide bonds. The van der Waals surface area contributed by atoms with Crippen LogP contribution in [0, 0.1) is 11.8 Å². The molecule has 1 aromatic heterocycles. The van der Waals surface area contributed by atoms with Crippen LogP contribution in [0.4, 0.5) is 0 Å². The quantitative estimate of drug-likeness (QED) is 0.925. The number of nitrogens with one attached hydrogen (secondary N) is 1. The fourth-order valence-electron chi connectivity index (χ4n) is 2.53. The maximum Gasteiger partial charge on any atom is 0.224 e. The molecule has 0 spiro atoms. The predicted molar refractivity (Wildman–Crippen MR) is 76.9 cm³/mol. The van der Waals surface area contributed by atoms with Crippen LogP contribution in [0.3, 0.4) is 0 Å².